The third kappa shape index (κ3) is 1.70. The van der Waals surface area contributed by atoms with Gasteiger partial charge in [-0.25, -0.2) is 15.0 Å². The molecule has 1 saturated heterocycles. The van der Waals surface area contributed by atoms with E-state index in [0.29, 0.717) is 29.2 Å². The summed E-state index contributed by atoms with van der Waals surface area (Å²) in [6.07, 6.45) is 0.0377. The molecule has 0 bridgehead atoms. The molecular weight excluding hydrogens is 238 g/mol. The lowest BCUT2D eigenvalue weighted by Crippen LogP contribution is -2.24. The van der Waals surface area contributed by atoms with Crippen molar-refractivity contribution in [3.63, 3.8) is 0 Å². The van der Waals surface area contributed by atoms with Crippen LogP contribution in [-0.4, -0.2) is 49.0 Å². The molecule has 3 heterocycles. The predicted molar refractivity (Wildman–Crippen MR) is 61.4 cm³/mol. The monoisotopic (exact) mass is 251 g/mol. The van der Waals surface area contributed by atoms with Gasteiger partial charge in [-0.3, -0.25) is 0 Å². The molecule has 8 nitrogen and oxygen atoms in total. The van der Waals surface area contributed by atoms with Crippen LogP contribution in [0.15, 0.2) is 6.33 Å². The van der Waals surface area contributed by atoms with Gasteiger partial charge in [-0.05, 0) is 0 Å². The Morgan fingerprint density at radius 1 is 1.50 bits per heavy atom. The van der Waals surface area contributed by atoms with Crippen LogP contribution in [-0.2, 0) is 4.74 Å². The van der Waals surface area contributed by atoms with E-state index in [1.807, 2.05) is 0 Å². The number of aliphatic hydroxyl groups is 2. The molecule has 2 aromatic rings. The van der Waals surface area contributed by atoms with Crippen LogP contribution in [0.3, 0.4) is 0 Å². The maximum absolute atomic E-state index is 9.67. The van der Waals surface area contributed by atoms with Crippen molar-refractivity contribution >= 4 is 17.0 Å². The first-order valence-corrected chi connectivity index (χ1v) is 5.59. The van der Waals surface area contributed by atoms with Crippen LogP contribution in [0.5, 0.6) is 0 Å². The van der Waals surface area contributed by atoms with Gasteiger partial charge in [0.05, 0.1) is 12.7 Å². The number of nitrogens with two attached hydrogens (primary N) is 1. The number of fused-ring (bicyclic) bond motifs is 1. The Hall–Kier alpha value is -1.77. The Labute approximate surface area is 102 Å². The largest absolute Gasteiger partial charge is 0.394 e. The Morgan fingerprint density at radius 2 is 2.33 bits per heavy atom. The van der Waals surface area contributed by atoms with Gasteiger partial charge in [-0.15, -0.1) is 0 Å². The average molecular weight is 251 g/mol. The molecule has 3 rings (SSSR count). The molecule has 2 aromatic heterocycles. The van der Waals surface area contributed by atoms with Crippen molar-refractivity contribution < 1.29 is 14.9 Å². The highest BCUT2D eigenvalue weighted by molar-refractivity contribution is 5.81. The molecule has 1 fully saturated rings. The molecule has 0 spiro atoms. The van der Waals surface area contributed by atoms with Crippen molar-refractivity contribution in [3.8, 4) is 0 Å². The van der Waals surface area contributed by atoms with Crippen LogP contribution in [0.2, 0.25) is 0 Å². The number of nitrogen functional groups attached to an aromatic ring is 1. The second-order valence-electron chi connectivity index (χ2n) is 4.23. The first kappa shape index (κ1) is 11.3. The number of ether oxygens (including phenoxy) is 1. The summed E-state index contributed by atoms with van der Waals surface area (Å²) >= 11 is 0. The Morgan fingerprint density at radius 3 is 3.00 bits per heavy atom. The van der Waals surface area contributed by atoms with Gasteiger partial charge in [0, 0.05) is 6.42 Å². The number of anilines is 1. The van der Waals surface area contributed by atoms with Gasteiger partial charge in [0.15, 0.2) is 11.5 Å². The maximum atomic E-state index is 9.67. The third-order valence-electron chi connectivity index (χ3n) is 3.04. The Bertz CT molecular complexity index is 572. The topological polar surface area (TPSA) is 130 Å². The number of hydrogen-bond acceptors (Lipinski definition) is 7. The van der Waals surface area contributed by atoms with E-state index in [1.165, 1.54) is 6.33 Å². The number of aliphatic hydroxyl groups excluding tert-OH is 2. The lowest BCUT2D eigenvalue weighted by atomic mass is 10.1. The minimum absolute atomic E-state index is 0.222. The van der Waals surface area contributed by atoms with Gasteiger partial charge >= 0.3 is 0 Å². The van der Waals surface area contributed by atoms with E-state index in [9.17, 15) is 5.11 Å². The summed E-state index contributed by atoms with van der Waals surface area (Å²) in [5.74, 6) is 0.850. The minimum atomic E-state index is -0.698. The minimum Gasteiger partial charge on any atom is -0.394 e. The lowest BCUT2D eigenvalue weighted by Gasteiger charge is -2.09. The van der Waals surface area contributed by atoms with Crippen molar-refractivity contribution in [1.29, 1.82) is 0 Å². The maximum Gasteiger partial charge on any atom is 0.183 e. The molecule has 1 aliphatic rings. The zero-order chi connectivity index (χ0) is 12.7. The van der Waals surface area contributed by atoms with Crippen molar-refractivity contribution in [2.75, 3.05) is 12.3 Å². The standard InChI is InChI=1S/C10H13N5O3/c11-8-7-10(13-3-12-8)15-9(14-7)5-1-4(17)6(2-16)18-5/h3-6,16-17H,1-2H2,(H3,11,12,13,14,15)/t4-,5+,6+/m0/s1. The number of imidazole rings is 1. The summed E-state index contributed by atoms with van der Waals surface area (Å²) in [5, 5.41) is 18.7. The second kappa shape index (κ2) is 4.16. The fourth-order valence-corrected chi connectivity index (χ4v) is 2.09. The van der Waals surface area contributed by atoms with Gasteiger partial charge in [0.2, 0.25) is 0 Å². The van der Waals surface area contributed by atoms with E-state index in [1.54, 1.807) is 0 Å². The average Bonchev–Trinajstić information content (AvgIpc) is 2.93. The molecule has 96 valence electrons. The molecule has 5 N–H and O–H groups in total. The van der Waals surface area contributed by atoms with Gasteiger partial charge < -0.3 is 25.7 Å². The van der Waals surface area contributed by atoms with Crippen LogP contribution in [0.4, 0.5) is 5.82 Å². The van der Waals surface area contributed by atoms with Crippen LogP contribution < -0.4 is 5.73 Å². The molecule has 0 saturated carbocycles. The molecular formula is C10H13N5O3. The number of H-pyrrole nitrogens is 1. The summed E-state index contributed by atoms with van der Waals surface area (Å²) in [6.45, 7) is -0.222. The van der Waals surface area contributed by atoms with Crippen molar-refractivity contribution in [3.05, 3.63) is 12.2 Å². The SMILES string of the molecule is Nc1ncnc2nc([C@H]3C[C@H](O)[C@@H](CO)O3)[nH]c12. The van der Waals surface area contributed by atoms with Crippen LogP contribution >= 0.6 is 0 Å². The summed E-state index contributed by atoms with van der Waals surface area (Å²) < 4.78 is 5.50. The number of aromatic amines is 1. The first-order valence-electron chi connectivity index (χ1n) is 5.59. The molecule has 1 aliphatic heterocycles. The van der Waals surface area contributed by atoms with E-state index in [0.717, 1.165) is 0 Å². The first-order chi connectivity index (χ1) is 8.69. The number of rotatable bonds is 2. The predicted octanol–water partition coefficient (Wildman–Crippen LogP) is -0.882. The Kier molecular flexibility index (Phi) is 2.62. The number of nitrogens with zero attached hydrogens (tertiary/aromatic N) is 3. The Balaban J connectivity index is 1.94. The quantitative estimate of drug-likeness (QED) is 0.545. The van der Waals surface area contributed by atoms with Crippen molar-refractivity contribution in [2.24, 2.45) is 0 Å². The van der Waals surface area contributed by atoms with Gasteiger partial charge in [0.25, 0.3) is 0 Å². The molecule has 3 atom stereocenters. The van der Waals surface area contributed by atoms with Crippen LogP contribution in [0.25, 0.3) is 11.2 Å². The van der Waals surface area contributed by atoms with E-state index < -0.39 is 18.3 Å². The fourth-order valence-electron chi connectivity index (χ4n) is 2.09. The summed E-state index contributed by atoms with van der Waals surface area (Å²) in [4.78, 5) is 15.1. The van der Waals surface area contributed by atoms with Crippen molar-refractivity contribution in [1.82, 2.24) is 19.9 Å². The van der Waals surface area contributed by atoms with Crippen LogP contribution in [0, 0.1) is 0 Å². The normalized spacial score (nSPS) is 28.0. The lowest BCUT2D eigenvalue weighted by molar-refractivity contribution is -0.0244. The summed E-state index contributed by atoms with van der Waals surface area (Å²) in [6, 6.07) is 0. The van der Waals surface area contributed by atoms with Gasteiger partial charge in [-0.2, -0.15) is 0 Å². The number of aromatic nitrogens is 4. The van der Waals surface area contributed by atoms with E-state index >= 15 is 0 Å². The van der Waals surface area contributed by atoms with E-state index in [4.69, 9.17) is 15.6 Å². The van der Waals surface area contributed by atoms with E-state index in [2.05, 4.69) is 19.9 Å². The van der Waals surface area contributed by atoms with Crippen molar-refractivity contribution in [2.45, 2.75) is 24.7 Å². The molecule has 0 unspecified atom stereocenters. The van der Waals surface area contributed by atoms with Gasteiger partial charge in [-0.1, -0.05) is 0 Å². The summed E-state index contributed by atoms with van der Waals surface area (Å²) in [7, 11) is 0. The number of hydrogen-bond donors (Lipinski definition) is 4. The highest BCUT2D eigenvalue weighted by Gasteiger charge is 2.36. The number of nitrogens with one attached hydrogen (secondary N) is 1. The van der Waals surface area contributed by atoms with Gasteiger partial charge in [0.1, 0.15) is 29.9 Å². The molecule has 0 radical (unpaired) electrons. The highest BCUT2D eigenvalue weighted by Crippen LogP contribution is 2.32. The zero-order valence-electron chi connectivity index (χ0n) is 9.45. The fraction of sp³-hybridized carbons (Fsp3) is 0.500. The molecule has 0 aromatic carbocycles. The second-order valence-corrected chi connectivity index (χ2v) is 4.23. The molecule has 18 heavy (non-hydrogen) atoms. The summed E-state index contributed by atoms with van der Waals surface area (Å²) in [5.41, 5.74) is 6.71. The molecule has 0 aliphatic carbocycles. The third-order valence-corrected chi connectivity index (χ3v) is 3.04. The zero-order valence-corrected chi connectivity index (χ0v) is 9.45. The smallest absolute Gasteiger partial charge is 0.183 e. The molecule has 0 amide bonds. The van der Waals surface area contributed by atoms with Crippen LogP contribution in [0.1, 0.15) is 18.3 Å². The molecule has 8 heteroatoms. The highest BCUT2D eigenvalue weighted by atomic mass is 16.5. The van der Waals surface area contributed by atoms with E-state index in [-0.39, 0.29) is 6.61 Å².